The average Bonchev–Trinajstić information content (AvgIpc) is 3.16. The second-order valence-corrected chi connectivity index (χ2v) is 8.46. The summed E-state index contributed by atoms with van der Waals surface area (Å²) < 4.78 is 11.0. The molecule has 7 nitrogen and oxygen atoms in total. The van der Waals surface area contributed by atoms with Crippen LogP contribution in [0.4, 0.5) is 4.79 Å². The van der Waals surface area contributed by atoms with Crippen LogP contribution in [0.1, 0.15) is 32.8 Å². The molecule has 154 valence electrons. The van der Waals surface area contributed by atoms with E-state index in [4.69, 9.17) is 9.47 Å². The normalized spacial score (nSPS) is 23.5. The van der Waals surface area contributed by atoms with Crippen molar-refractivity contribution < 1.29 is 19.1 Å². The van der Waals surface area contributed by atoms with E-state index in [1.54, 1.807) is 4.90 Å². The lowest BCUT2D eigenvalue weighted by Gasteiger charge is -2.36. The van der Waals surface area contributed by atoms with Crippen molar-refractivity contribution in [3.63, 3.8) is 0 Å². The van der Waals surface area contributed by atoms with E-state index in [2.05, 4.69) is 10.2 Å². The van der Waals surface area contributed by atoms with Gasteiger partial charge in [0.1, 0.15) is 18.2 Å². The summed E-state index contributed by atoms with van der Waals surface area (Å²) in [4.78, 5) is 28.8. The van der Waals surface area contributed by atoms with Crippen LogP contribution in [-0.4, -0.2) is 72.3 Å². The monoisotopic (exact) mass is 389 g/mol. The number of esters is 1. The predicted molar refractivity (Wildman–Crippen MR) is 106 cm³/mol. The Bertz CT molecular complexity index is 674. The Balaban J connectivity index is 1.48. The summed E-state index contributed by atoms with van der Waals surface area (Å²) in [6.45, 7) is 9.42. The number of carbonyl (C=O) groups is 2. The van der Waals surface area contributed by atoms with Crippen LogP contribution < -0.4 is 5.32 Å². The van der Waals surface area contributed by atoms with Gasteiger partial charge in [-0.3, -0.25) is 9.69 Å². The smallest absolute Gasteiger partial charge is 0.410 e. The molecule has 0 radical (unpaired) electrons. The van der Waals surface area contributed by atoms with Gasteiger partial charge in [0.25, 0.3) is 0 Å². The number of hydrogen-bond acceptors (Lipinski definition) is 6. The van der Waals surface area contributed by atoms with Gasteiger partial charge >= 0.3 is 12.1 Å². The van der Waals surface area contributed by atoms with Gasteiger partial charge in [-0.2, -0.15) is 0 Å². The summed E-state index contributed by atoms with van der Waals surface area (Å²) in [7, 11) is 0. The van der Waals surface area contributed by atoms with Crippen molar-refractivity contribution in [2.24, 2.45) is 0 Å². The number of rotatable bonds is 4. The molecular formula is C21H31N3O4. The number of benzene rings is 1. The van der Waals surface area contributed by atoms with E-state index in [1.165, 1.54) is 0 Å². The van der Waals surface area contributed by atoms with Gasteiger partial charge in [0.05, 0.1) is 0 Å². The first kappa shape index (κ1) is 20.6. The van der Waals surface area contributed by atoms with Crippen molar-refractivity contribution in [1.82, 2.24) is 15.1 Å². The molecule has 28 heavy (non-hydrogen) atoms. The van der Waals surface area contributed by atoms with Crippen molar-refractivity contribution in [2.45, 2.75) is 51.5 Å². The van der Waals surface area contributed by atoms with Gasteiger partial charge in [0.15, 0.2) is 0 Å². The third kappa shape index (κ3) is 5.69. The molecule has 0 spiro atoms. The van der Waals surface area contributed by atoms with Gasteiger partial charge in [0.2, 0.25) is 0 Å². The zero-order chi connectivity index (χ0) is 20.1. The molecule has 1 aromatic carbocycles. The molecule has 1 N–H and O–H groups in total. The Morgan fingerprint density at radius 1 is 1.14 bits per heavy atom. The Labute approximate surface area is 167 Å². The SMILES string of the molecule is CC(C)(C)OC(=O)N1CC[C@@H](N2CCNC(C(=O)OCc3ccccc3)C2)C1. The number of hydrogen-bond donors (Lipinski definition) is 1. The molecule has 7 heteroatoms. The second kappa shape index (κ2) is 8.92. The molecule has 2 heterocycles. The molecule has 0 bridgehead atoms. The molecule has 0 aromatic heterocycles. The van der Waals surface area contributed by atoms with Gasteiger partial charge < -0.3 is 19.7 Å². The molecule has 1 aromatic rings. The summed E-state index contributed by atoms with van der Waals surface area (Å²) in [5.74, 6) is -0.226. The number of carbonyl (C=O) groups excluding carboxylic acids is 2. The topological polar surface area (TPSA) is 71.1 Å². The van der Waals surface area contributed by atoms with Crippen molar-refractivity contribution >= 4 is 12.1 Å². The molecule has 2 atom stereocenters. The fourth-order valence-corrected chi connectivity index (χ4v) is 3.62. The fourth-order valence-electron chi connectivity index (χ4n) is 3.62. The summed E-state index contributed by atoms with van der Waals surface area (Å²) in [5, 5.41) is 3.25. The van der Waals surface area contributed by atoms with Gasteiger partial charge in [-0.1, -0.05) is 30.3 Å². The molecule has 2 aliphatic rings. The third-order valence-corrected chi connectivity index (χ3v) is 5.05. The summed E-state index contributed by atoms with van der Waals surface area (Å²) in [6.07, 6.45) is 0.634. The standard InChI is InChI=1S/C21H31N3O4/c1-21(2,3)28-20(26)24-11-9-17(13-24)23-12-10-22-18(14-23)19(25)27-15-16-7-5-4-6-8-16/h4-8,17-18,22H,9-15H2,1-3H3/t17-,18?/m1/s1. The van der Waals surface area contributed by atoms with Crippen molar-refractivity contribution in [2.75, 3.05) is 32.7 Å². The van der Waals surface area contributed by atoms with Gasteiger partial charge in [-0.05, 0) is 32.8 Å². The Morgan fingerprint density at radius 3 is 2.61 bits per heavy atom. The van der Waals surface area contributed by atoms with E-state index in [0.29, 0.717) is 19.6 Å². The largest absolute Gasteiger partial charge is 0.460 e. The highest BCUT2D eigenvalue weighted by Gasteiger charge is 2.36. The summed E-state index contributed by atoms with van der Waals surface area (Å²) >= 11 is 0. The van der Waals surface area contributed by atoms with Crippen LogP contribution in [0, 0.1) is 0 Å². The quantitative estimate of drug-likeness (QED) is 0.795. The van der Waals surface area contributed by atoms with Gasteiger partial charge in [-0.15, -0.1) is 0 Å². The fraction of sp³-hybridized carbons (Fsp3) is 0.619. The molecule has 0 saturated carbocycles. The molecule has 2 saturated heterocycles. The van der Waals surface area contributed by atoms with E-state index >= 15 is 0 Å². The zero-order valence-electron chi connectivity index (χ0n) is 17.0. The van der Waals surface area contributed by atoms with Gasteiger partial charge in [0, 0.05) is 38.8 Å². The minimum absolute atomic E-state index is 0.226. The Kier molecular flexibility index (Phi) is 6.57. The number of nitrogens with zero attached hydrogens (tertiary/aromatic N) is 2. The van der Waals surface area contributed by atoms with E-state index in [9.17, 15) is 9.59 Å². The maximum absolute atomic E-state index is 12.5. The first-order valence-electron chi connectivity index (χ1n) is 9.98. The van der Waals surface area contributed by atoms with Crippen LogP contribution in [0.25, 0.3) is 0 Å². The predicted octanol–water partition coefficient (Wildman–Crippen LogP) is 2.01. The summed E-state index contributed by atoms with van der Waals surface area (Å²) in [6, 6.07) is 9.59. The zero-order valence-corrected chi connectivity index (χ0v) is 17.0. The molecular weight excluding hydrogens is 358 g/mol. The van der Waals surface area contributed by atoms with E-state index in [0.717, 1.165) is 25.1 Å². The molecule has 1 amide bonds. The lowest BCUT2D eigenvalue weighted by atomic mass is 10.1. The average molecular weight is 389 g/mol. The number of nitrogens with one attached hydrogen (secondary N) is 1. The van der Waals surface area contributed by atoms with Crippen LogP contribution in [0.3, 0.4) is 0 Å². The van der Waals surface area contributed by atoms with Crippen LogP contribution >= 0.6 is 0 Å². The van der Waals surface area contributed by atoms with E-state index in [-0.39, 0.29) is 30.8 Å². The van der Waals surface area contributed by atoms with E-state index in [1.807, 2.05) is 51.1 Å². The maximum Gasteiger partial charge on any atom is 0.410 e. The molecule has 3 rings (SSSR count). The first-order valence-corrected chi connectivity index (χ1v) is 9.98. The van der Waals surface area contributed by atoms with Crippen LogP contribution in [0.15, 0.2) is 30.3 Å². The van der Waals surface area contributed by atoms with Crippen LogP contribution in [0.2, 0.25) is 0 Å². The lowest BCUT2D eigenvalue weighted by Crippen LogP contribution is -2.57. The Hall–Kier alpha value is -2.12. The summed E-state index contributed by atoms with van der Waals surface area (Å²) in [5.41, 5.74) is 0.491. The highest BCUT2D eigenvalue weighted by molar-refractivity contribution is 5.76. The number of ether oxygens (including phenoxy) is 2. The third-order valence-electron chi connectivity index (χ3n) is 5.05. The maximum atomic E-state index is 12.5. The van der Waals surface area contributed by atoms with Crippen molar-refractivity contribution in [3.8, 4) is 0 Å². The molecule has 1 unspecified atom stereocenters. The minimum atomic E-state index is -0.488. The highest BCUT2D eigenvalue weighted by Crippen LogP contribution is 2.20. The number of likely N-dealkylation sites (tertiary alicyclic amines) is 1. The van der Waals surface area contributed by atoms with Crippen LogP contribution in [-0.2, 0) is 20.9 Å². The molecule has 0 aliphatic carbocycles. The van der Waals surface area contributed by atoms with Gasteiger partial charge in [-0.25, -0.2) is 4.79 Å². The Morgan fingerprint density at radius 2 is 1.89 bits per heavy atom. The highest BCUT2D eigenvalue weighted by atomic mass is 16.6. The minimum Gasteiger partial charge on any atom is -0.460 e. The first-order chi connectivity index (χ1) is 13.3. The molecule has 2 fully saturated rings. The lowest BCUT2D eigenvalue weighted by molar-refractivity contribution is -0.149. The van der Waals surface area contributed by atoms with Crippen molar-refractivity contribution in [3.05, 3.63) is 35.9 Å². The van der Waals surface area contributed by atoms with Crippen LogP contribution in [0.5, 0.6) is 0 Å². The van der Waals surface area contributed by atoms with Crippen molar-refractivity contribution in [1.29, 1.82) is 0 Å². The second-order valence-electron chi connectivity index (χ2n) is 8.46. The number of piperazine rings is 1. The van der Waals surface area contributed by atoms with E-state index < -0.39 is 5.60 Å². The molecule has 2 aliphatic heterocycles. The number of amides is 1.